The molecule has 3 amide bonds. The fraction of sp³-hybridized carbons (Fsp3) is 0.222. The van der Waals surface area contributed by atoms with E-state index in [-0.39, 0.29) is 43.1 Å². The summed E-state index contributed by atoms with van der Waals surface area (Å²) in [6, 6.07) is 19.6. The lowest BCUT2D eigenvalue weighted by molar-refractivity contribution is -0.126. The summed E-state index contributed by atoms with van der Waals surface area (Å²) >= 11 is 0. The average molecular weight is 492 g/mol. The van der Waals surface area contributed by atoms with E-state index in [0.717, 1.165) is 11.3 Å². The van der Waals surface area contributed by atoms with Crippen LogP contribution in [-0.2, 0) is 20.9 Å². The molecule has 1 fully saturated rings. The van der Waals surface area contributed by atoms with E-state index in [9.17, 15) is 18.8 Å². The van der Waals surface area contributed by atoms with Gasteiger partial charge in [0.05, 0.1) is 13.0 Å². The van der Waals surface area contributed by atoms with Gasteiger partial charge in [-0.1, -0.05) is 12.1 Å². The number of hydrogen-bond donors (Lipinski definition) is 2. The lowest BCUT2D eigenvalue weighted by Gasteiger charge is -2.17. The zero-order valence-corrected chi connectivity index (χ0v) is 19.7. The molecule has 1 atom stereocenters. The Bertz CT molecular complexity index is 1210. The van der Waals surface area contributed by atoms with Gasteiger partial charge >= 0.3 is 0 Å². The van der Waals surface area contributed by atoms with Gasteiger partial charge in [-0.25, -0.2) is 4.39 Å². The van der Waals surface area contributed by atoms with E-state index in [4.69, 9.17) is 9.47 Å². The molecule has 1 heterocycles. The summed E-state index contributed by atoms with van der Waals surface area (Å²) in [5.41, 5.74) is 2.05. The molecule has 1 aliphatic rings. The summed E-state index contributed by atoms with van der Waals surface area (Å²) in [5.74, 6) is -0.326. The maximum absolute atomic E-state index is 13.0. The number of ether oxygens (including phenoxy) is 2. The van der Waals surface area contributed by atoms with Crippen molar-refractivity contribution in [2.45, 2.75) is 13.0 Å². The van der Waals surface area contributed by atoms with Crippen LogP contribution in [-0.4, -0.2) is 38.0 Å². The minimum Gasteiger partial charge on any atom is -0.497 e. The topological polar surface area (TPSA) is 97.0 Å². The van der Waals surface area contributed by atoms with Crippen LogP contribution in [0.3, 0.4) is 0 Å². The van der Waals surface area contributed by atoms with Crippen LogP contribution in [0, 0.1) is 11.7 Å². The number of nitrogens with one attached hydrogen (secondary N) is 2. The molecular formula is C27H26FN3O5. The number of carbonyl (C=O) groups is 3. The molecule has 1 saturated heterocycles. The second-order valence-electron chi connectivity index (χ2n) is 8.31. The Morgan fingerprint density at radius 2 is 1.64 bits per heavy atom. The van der Waals surface area contributed by atoms with Gasteiger partial charge < -0.3 is 25.0 Å². The third kappa shape index (κ3) is 6.38. The fourth-order valence-corrected chi connectivity index (χ4v) is 3.81. The molecule has 0 bridgehead atoms. The second-order valence-corrected chi connectivity index (χ2v) is 8.31. The SMILES string of the molecule is COc1ccc(CNC(=O)C2CC(=O)N(c3ccc(OCC(=O)Nc4ccc(F)cc4)cc3)C2)cc1. The highest BCUT2D eigenvalue weighted by Crippen LogP contribution is 2.27. The van der Waals surface area contributed by atoms with E-state index in [2.05, 4.69) is 10.6 Å². The van der Waals surface area contributed by atoms with E-state index in [0.29, 0.717) is 23.7 Å². The maximum atomic E-state index is 13.0. The van der Waals surface area contributed by atoms with Crippen LogP contribution in [0.1, 0.15) is 12.0 Å². The molecule has 186 valence electrons. The van der Waals surface area contributed by atoms with Crippen molar-refractivity contribution in [3.05, 3.63) is 84.2 Å². The summed E-state index contributed by atoms with van der Waals surface area (Å²) < 4.78 is 23.6. The van der Waals surface area contributed by atoms with Gasteiger partial charge in [0, 0.05) is 30.9 Å². The predicted molar refractivity (Wildman–Crippen MR) is 132 cm³/mol. The number of methoxy groups -OCH3 is 1. The van der Waals surface area contributed by atoms with Crippen molar-refractivity contribution >= 4 is 29.1 Å². The van der Waals surface area contributed by atoms with E-state index >= 15 is 0 Å². The molecule has 1 unspecified atom stereocenters. The lowest BCUT2D eigenvalue weighted by Crippen LogP contribution is -2.32. The van der Waals surface area contributed by atoms with Crippen molar-refractivity contribution in [3.8, 4) is 11.5 Å². The van der Waals surface area contributed by atoms with Crippen LogP contribution < -0.4 is 25.0 Å². The Morgan fingerprint density at radius 1 is 0.972 bits per heavy atom. The minimum absolute atomic E-state index is 0.132. The molecule has 3 aromatic carbocycles. The summed E-state index contributed by atoms with van der Waals surface area (Å²) in [7, 11) is 1.59. The number of carbonyl (C=O) groups excluding carboxylic acids is 3. The Kier molecular flexibility index (Phi) is 7.79. The zero-order valence-electron chi connectivity index (χ0n) is 19.7. The Morgan fingerprint density at radius 3 is 2.31 bits per heavy atom. The normalized spacial score (nSPS) is 14.9. The standard InChI is InChI=1S/C27H26FN3O5/c1-35-23-10-2-18(3-11-23)15-29-27(34)19-14-26(33)31(16-19)22-8-12-24(13-9-22)36-17-25(32)30-21-6-4-20(28)5-7-21/h2-13,19H,14-17H2,1H3,(H,29,34)(H,30,32). The van der Waals surface area contributed by atoms with Gasteiger partial charge in [-0.3, -0.25) is 14.4 Å². The largest absolute Gasteiger partial charge is 0.497 e. The summed E-state index contributed by atoms with van der Waals surface area (Å²) in [5, 5.41) is 5.51. The molecule has 0 aromatic heterocycles. The molecule has 8 nitrogen and oxygen atoms in total. The zero-order chi connectivity index (χ0) is 25.5. The van der Waals surface area contributed by atoms with Gasteiger partial charge in [0.1, 0.15) is 17.3 Å². The van der Waals surface area contributed by atoms with Gasteiger partial charge in [0.15, 0.2) is 6.61 Å². The Labute approximate surface area is 208 Å². The van der Waals surface area contributed by atoms with Gasteiger partial charge in [0.25, 0.3) is 5.91 Å². The Hall–Kier alpha value is -4.40. The highest BCUT2D eigenvalue weighted by Gasteiger charge is 2.35. The fourth-order valence-electron chi connectivity index (χ4n) is 3.81. The molecule has 0 aliphatic carbocycles. The Balaban J connectivity index is 1.25. The minimum atomic E-state index is -0.443. The van der Waals surface area contributed by atoms with E-state index in [1.807, 2.05) is 24.3 Å². The average Bonchev–Trinajstić information content (AvgIpc) is 3.29. The predicted octanol–water partition coefficient (Wildman–Crippen LogP) is 3.52. The van der Waals surface area contributed by atoms with Crippen molar-refractivity contribution < 1.29 is 28.2 Å². The first-order chi connectivity index (χ1) is 17.4. The number of anilines is 2. The van der Waals surface area contributed by atoms with Crippen LogP contribution >= 0.6 is 0 Å². The summed E-state index contributed by atoms with van der Waals surface area (Å²) in [4.78, 5) is 38.8. The number of halogens is 1. The first kappa shape index (κ1) is 24.7. The molecule has 2 N–H and O–H groups in total. The highest BCUT2D eigenvalue weighted by molar-refractivity contribution is 6.00. The van der Waals surface area contributed by atoms with Crippen LogP contribution in [0.2, 0.25) is 0 Å². The summed E-state index contributed by atoms with van der Waals surface area (Å²) in [6.07, 6.45) is 0.135. The van der Waals surface area contributed by atoms with Gasteiger partial charge in [0.2, 0.25) is 11.8 Å². The van der Waals surface area contributed by atoms with Crippen LogP contribution in [0.15, 0.2) is 72.8 Å². The first-order valence-corrected chi connectivity index (χ1v) is 11.4. The van der Waals surface area contributed by atoms with Crippen LogP contribution in [0.4, 0.5) is 15.8 Å². The van der Waals surface area contributed by atoms with E-state index in [1.54, 1.807) is 36.3 Å². The van der Waals surface area contributed by atoms with Gasteiger partial charge in [-0.15, -0.1) is 0 Å². The number of benzene rings is 3. The lowest BCUT2D eigenvalue weighted by atomic mass is 10.1. The number of rotatable bonds is 9. The smallest absolute Gasteiger partial charge is 0.262 e. The molecule has 9 heteroatoms. The molecule has 0 radical (unpaired) electrons. The monoisotopic (exact) mass is 491 g/mol. The van der Waals surface area contributed by atoms with Crippen molar-refractivity contribution in [3.63, 3.8) is 0 Å². The van der Waals surface area contributed by atoms with Crippen molar-refractivity contribution in [2.24, 2.45) is 5.92 Å². The number of amides is 3. The summed E-state index contributed by atoms with van der Waals surface area (Å²) in [6.45, 7) is 0.428. The highest BCUT2D eigenvalue weighted by atomic mass is 19.1. The molecule has 36 heavy (non-hydrogen) atoms. The van der Waals surface area contributed by atoms with E-state index < -0.39 is 5.92 Å². The van der Waals surface area contributed by atoms with Crippen LogP contribution in [0.25, 0.3) is 0 Å². The molecule has 0 spiro atoms. The quantitative estimate of drug-likeness (QED) is 0.478. The maximum Gasteiger partial charge on any atom is 0.262 e. The van der Waals surface area contributed by atoms with Crippen molar-refractivity contribution in [1.29, 1.82) is 0 Å². The third-order valence-electron chi connectivity index (χ3n) is 5.77. The van der Waals surface area contributed by atoms with E-state index in [1.165, 1.54) is 24.3 Å². The molecule has 1 aliphatic heterocycles. The number of hydrogen-bond acceptors (Lipinski definition) is 5. The molecular weight excluding hydrogens is 465 g/mol. The third-order valence-corrected chi connectivity index (χ3v) is 5.77. The van der Waals surface area contributed by atoms with Gasteiger partial charge in [-0.2, -0.15) is 0 Å². The molecule has 4 rings (SSSR count). The van der Waals surface area contributed by atoms with Crippen molar-refractivity contribution in [2.75, 3.05) is 30.5 Å². The molecule has 0 saturated carbocycles. The molecule has 3 aromatic rings. The van der Waals surface area contributed by atoms with Crippen molar-refractivity contribution in [1.82, 2.24) is 5.32 Å². The van der Waals surface area contributed by atoms with Gasteiger partial charge in [-0.05, 0) is 66.2 Å². The first-order valence-electron chi connectivity index (χ1n) is 11.4. The van der Waals surface area contributed by atoms with Crippen LogP contribution in [0.5, 0.6) is 11.5 Å². The second kappa shape index (κ2) is 11.4. The number of nitrogens with zero attached hydrogens (tertiary/aromatic N) is 1.